The summed E-state index contributed by atoms with van der Waals surface area (Å²) in [5.74, 6) is -0.404. The summed E-state index contributed by atoms with van der Waals surface area (Å²) in [5.41, 5.74) is 5.03. The van der Waals surface area contributed by atoms with E-state index in [0.717, 1.165) is 15.8 Å². The third kappa shape index (κ3) is 4.94. The number of alkyl halides is 3. The molecule has 0 aliphatic rings. The molecule has 2 rings (SSSR count). The van der Waals surface area contributed by atoms with E-state index in [9.17, 15) is 18.0 Å². The molecule has 0 saturated carbocycles. The van der Waals surface area contributed by atoms with Gasteiger partial charge in [0.2, 0.25) is 0 Å². The zero-order chi connectivity index (χ0) is 17.0. The second-order valence-corrected chi connectivity index (χ2v) is 5.05. The minimum absolute atomic E-state index is 0.217. The number of halogens is 3. The van der Waals surface area contributed by atoms with E-state index in [-0.39, 0.29) is 5.69 Å². The predicted octanol–water partition coefficient (Wildman–Crippen LogP) is 2.83. The van der Waals surface area contributed by atoms with Crippen LogP contribution in [0, 0.1) is 13.8 Å². The Bertz CT molecular complexity index is 735. The number of aryl methyl sites for hydroxylation is 2. The molecule has 2 aromatic rings. The first-order valence-corrected chi connectivity index (χ1v) is 6.75. The Morgan fingerprint density at radius 1 is 1.30 bits per heavy atom. The fourth-order valence-corrected chi connectivity index (χ4v) is 1.82. The molecule has 1 aromatic carbocycles. The third-order valence-electron chi connectivity index (χ3n) is 3.13. The number of carbonyl (C=O) groups excluding carboxylic acids is 1. The number of rotatable bonds is 4. The molecule has 8 heteroatoms. The maximum absolute atomic E-state index is 12.2. The molecule has 1 amide bonds. The van der Waals surface area contributed by atoms with Crippen molar-refractivity contribution < 1.29 is 18.0 Å². The summed E-state index contributed by atoms with van der Waals surface area (Å²) in [7, 11) is 0. The van der Waals surface area contributed by atoms with Crippen LogP contribution >= 0.6 is 0 Å². The normalized spacial score (nSPS) is 11.9. The molecule has 1 N–H and O–H groups in total. The molecule has 0 saturated heterocycles. The second kappa shape index (κ2) is 6.64. The molecule has 0 atom stereocenters. The molecule has 23 heavy (non-hydrogen) atoms. The van der Waals surface area contributed by atoms with Crippen LogP contribution in [0.4, 0.5) is 13.2 Å². The highest BCUT2D eigenvalue weighted by Crippen LogP contribution is 2.16. The lowest BCUT2D eigenvalue weighted by Crippen LogP contribution is -2.18. The second-order valence-electron chi connectivity index (χ2n) is 5.05. The van der Waals surface area contributed by atoms with Crippen LogP contribution in [0.25, 0.3) is 0 Å². The van der Waals surface area contributed by atoms with Gasteiger partial charge in [0.05, 0.1) is 6.21 Å². The summed E-state index contributed by atoms with van der Waals surface area (Å²) >= 11 is 0. The van der Waals surface area contributed by atoms with Crippen molar-refractivity contribution in [1.82, 2.24) is 15.2 Å². The highest BCUT2D eigenvalue weighted by atomic mass is 19.4. The standard InChI is InChI=1S/C15H15F3N4O/c1-10-3-4-12(7-11(10)2)14(23)20-19-8-13-5-6-22(21-13)9-15(16,17)18/h3-8H,9H2,1-2H3,(H,20,23)/b19-8+. The number of hydrogen-bond donors (Lipinski definition) is 1. The molecule has 122 valence electrons. The van der Waals surface area contributed by atoms with E-state index < -0.39 is 18.6 Å². The topological polar surface area (TPSA) is 59.3 Å². The van der Waals surface area contributed by atoms with E-state index in [0.29, 0.717) is 5.56 Å². The van der Waals surface area contributed by atoms with Crippen molar-refractivity contribution in [3.05, 3.63) is 52.8 Å². The van der Waals surface area contributed by atoms with Gasteiger partial charge in [-0.3, -0.25) is 9.48 Å². The fraction of sp³-hybridized carbons (Fsp3) is 0.267. The maximum Gasteiger partial charge on any atom is 0.408 e. The number of carbonyl (C=O) groups is 1. The van der Waals surface area contributed by atoms with Crippen molar-refractivity contribution >= 4 is 12.1 Å². The van der Waals surface area contributed by atoms with E-state index in [1.54, 1.807) is 12.1 Å². The SMILES string of the molecule is Cc1ccc(C(=O)N/N=C/c2ccn(CC(F)(F)F)n2)cc1C. The van der Waals surface area contributed by atoms with Crippen LogP contribution in [-0.2, 0) is 6.54 Å². The molecule has 0 radical (unpaired) electrons. The lowest BCUT2D eigenvalue weighted by molar-refractivity contribution is -0.142. The lowest BCUT2D eigenvalue weighted by Gasteiger charge is -2.05. The minimum Gasteiger partial charge on any atom is -0.267 e. The van der Waals surface area contributed by atoms with E-state index in [1.165, 1.54) is 18.5 Å². The summed E-state index contributed by atoms with van der Waals surface area (Å²) in [6, 6.07) is 6.60. The number of aromatic nitrogens is 2. The van der Waals surface area contributed by atoms with E-state index >= 15 is 0 Å². The summed E-state index contributed by atoms with van der Waals surface area (Å²) < 4.78 is 37.4. The number of hydrogen-bond acceptors (Lipinski definition) is 3. The largest absolute Gasteiger partial charge is 0.408 e. The number of amides is 1. The highest BCUT2D eigenvalue weighted by Gasteiger charge is 2.28. The molecule has 0 spiro atoms. The molecule has 0 bridgehead atoms. The summed E-state index contributed by atoms with van der Waals surface area (Å²) in [6.45, 7) is 2.66. The monoisotopic (exact) mass is 324 g/mol. The summed E-state index contributed by atoms with van der Waals surface area (Å²) in [5, 5.41) is 7.39. The Morgan fingerprint density at radius 2 is 2.04 bits per heavy atom. The van der Waals surface area contributed by atoms with Crippen LogP contribution in [0.2, 0.25) is 0 Å². The number of nitrogens with one attached hydrogen (secondary N) is 1. The predicted molar refractivity (Wildman–Crippen MR) is 79.3 cm³/mol. The van der Waals surface area contributed by atoms with Gasteiger partial charge in [-0.15, -0.1) is 0 Å². The van der Waals surface area contributed by atoms with Crippen LogP contribution in [0.15, 0.2) is 35.6 Å². The van der Waals surface area contributed by atoms with Gasteiger partial charge in [0.15, 0.2) is 0 Å². The van der Waals surface area contributed by atoms with Crippen molar-refractivity contribution in [3.8, 4) is 0 Å². The Hall–Kier alpha value is -2.64. The lowest BCUT2D eigenvalue weighted by atomic mass is 10.1. The van der Waals surface area contributed by atoms with Gasteiger partial charge in [0.25, 0.3) is 5.91 Å². The fourth-order valence-electron chi connectivity index (χ4n) is 1.82. The smallest absolute Gasteiger partial charge is 0.267 e. The maximum atomic E-state index is 12.2. The van der Waals surface area contributed by atoms with Crippen molar-refractivity contribution in [1.29, 1.82) is 0 Å². The third-order valence-corrected chi connectivity index (χ3v) is 3.13. The number of hydrazone groups is 1. The van der Waals surface area contributed by atoms with Crippen LogP contribution < -0.4 is 5.43 Å². The number of nitrogens with zero attached hydrogens (tertiary/aromatic N) is 3. The van der Waals surface area contributed by atoms with E-state index in [2.05, 4.69) is 15.6 Å². The van der Waals surface area contributed by atoms with Gasteiger partial charge in [0.1, 0.15) is 12.2 Å². The molecule has 0 aliphatic carbocycles. The average Bonchev–Trinajstić information content (AvgIpc) is 2.87. The Labute approximate surface area is 130 Å². The molecular weight excluding hydrogens is 309 g/mol. The van der Waals surface area contributed by atoms with Gasteiger partial charge in [-0.1, -0.05) is 6.07 Å². The van der Waals surface area contributed by atoms with Crippen LogP contribution in [0.3, 0.4) is 0 Å². The van der Waals surface area contributed by atoms with Crippen LogP contribution in [0.1, 0.15) is 27.2 Å². The van der Waals surface area contributed by atoms with E-state index in [1.807, 2.05) is 19.9 Å². The Balaban J connectivity index is 1.96. The minimum atomic E-state index is -4.34. The van der Waals surface area contributed by atoms with Crippen molar-refractivity contribution in [2.45, 2.75) is 26.6 Å². The zero-order valence-corrected chi connectivity index (χ0v) is 12.6. The van der Waals surface area contributed by atoms with Gasteiger partial charge >= 0.3 is 6.18 Å². The molecule has 5 nitrogen and oxygen atoms in total. The summed E-state index contributed by atoms with van der Waals surface area (Å²) in [4.78, 5) is 11.9. The Kier molecular flexibility index (Phi) is 4.83. The first-order chi connectivity index (χ1) is 10.7. The van der Waals surface area contributed by atoms with Crippen molar-refractivity contribution in [2.75, 3.05) is 0 Å². The van der Waals surface area contributed by atoms with Gasteiger partial charge in [-0.05, 0) is 43.2 Å². The first kappa shape index (κ1) is 16.7. The molecule has 1 heterocycles. The van der Waals surface area contributed by atoms with Crippen LogP contribution in [-0.4, -0.2) is 28.1 Å². The number of benzene rings is 1. The molecule has 0 fully saturated rings. The van der Waals surface area contributed by atoms with Crippen LogP contribution in [0.5, 0.6) is 0 Å². The first-order valence-electron chi connectivity index (χ1n) is 6.75. The highest BCUT2D eigenvalue weighted by molar-refractivity contribution is 5.95. The van der Waals surface area contributed by atoms with Crippen molar-refractivity contribution in [3.63, 3.8) is 0 Å². The van der Waals surface area contributed by atoms with Crippen molar-refractivity contribution in [2.24, 2.45) is 5.10 Å². The molecule has 1 aromatic heterocycles. The van der Waals surface area contributed by atoms with Gasteiger partial charge in [0, 0.05) is 11.8 Å². The van der Waals surface area contributed by atoms with Gasteiger partial charge in [-0.2, -0.15) is 23.4 Å². The molecule has 0 aliphatic heterocycles. The quantitative estimate of drug-likeness (QED) is 0.694. The average molecular weight is 324 g/mol. The van der Waals surface area contributed by atoms with Gasteiger partial charge in [-0.25, -0.2) is 5.43 Å². The zero-order valence-electron chi connectivity index (χ0n) is 12.6. The van der Waals surface area contributed by atoms with Gasteiger partial charge < -0.3 is 0 Å². The molecule has 0 unspecified atom stereocenters. The molecular formula is C15H15F3N4O. The summed E-state index contributed by atoms with van der Waals surface area (Å²) in [6.07, 6.45) is -1.95. The van der Waals surface area contributed by atoms with E-state index in [4.69, 9.17) is 0 Å². The Morgan fingerprint density at radius 3 is 2.70 bits per heavy atom.